The topological polar surface area (TPSA) is 134 Å². The van der Waals surface area contributed by atoms with Gasteiger partial charge in [-0.25, -0.2) is 4.99 Å². The molecular formula is C15H21N5O3S. The molecule has 0 aromatic heterocycles. The minimum atomic E-state index is -4.26. The van der Waals surface area contributed by atoms with E-state index in [-0.39, 0.29) is 16.8 Å². The van der Waals surface area contributed by atoms with Crippen molar-refractivity contribution in [2.24, 2.45) is 21.5 Å². The molecule has 0 unspecified atom stereocenters. The molecule has 9 heteroatoms. The third-order valence-corrected chi connectivity index (χ3v) is 5.56. The molecule has 1 fully saturated rings. The van der Waals surface area contributed by atoms with E-state index in [1.165, 1.54) is 6.07 Å². The highest BCUT2D eigenvalue weighted by Gasteiger charge is 2.42. The van der Waals surface area contributed by atoms with E-state index >= 15 is 0 Å². The van der Waals surface area contributed by atoms with Crippen molar-refractivity contribution in [3.63, 3.8) is 0 Å². The summed E-state index contributed by atoms with van der Waals surface area (Å²) in [6.45, 7) is 1.62. The van der Waals surface area contributed by atoms with Gasteiger partial charge >= 0.3 is 0 Å². The summed E-state index contributed by atoms with van der Waals surface area (Å²) in [5.74, 6) is 0.403. The summed E-state index contributed by atoms with van der Waals surface area (Å²) < 4.78 is 32.1. The lowest BCUT2D eigenvalue weighted by Crippen LogP contribution is -2.58. The van der Waals surface area contributed by atoms with Crippen molar-refractivity contribution in [1.29, 1.82) is 0 Å². The Balaban J connectivity index is 2.09. The van der Waals surface area contributed by atoms with Crippen molar-refractivity contribution in [3.05, 3.63) is 23.8 Å². The molecule has 1 aliphatic carbocycles. The Morgan fingerprint density at radius 2 is 1.88 bits per heavy atom. The van der Waals surface area contributed by atoms with Gasteiger partial charge in [0.25, 0.3) is 10.1 Å². The minimum absolute atomic E-state index is 0.125. The van der Waals surface area contributed by atoms with Gasteiger partial charge in [0.1, 0.15) is 5.66 Å². The normalized spacial score (nSPS) is 20.7. The van der Waals surface area contributed by atoms with Crippen molar-refractivity contribution < 1.29 is 13.0 Å². The van der Waals surface area contributed by atoms with Crippen molar-refractivity contribution in [3.8, 4) is 0 Å². The van der Waals surface area contributed by atoms with Gasteiger partial charge in [-0.3, -0.25) is 9.45 Å². The molecule has 1 aromatic carbocycles. The first-order valence-electron chi connectivity index (χ1n) is 7.81. The molecule has 2 aliphatic rings. The first-order chi connectivity index (χ1) is 11.2. The number of aryl methyl sites for hydroxylation is 1. The van der Waals surface area contributed by atoms with Crippen LogP contribution in [0.15, 0.2) is 33.1 Å². The fourth-order valence-electron chi connectivity index (χ4n) is 3.56. The third kappa shape index (κ3) is 2.84. The zero-order valence-corrected chi connectivity index (χ0v) is 14.3. The van der Waals surface area contributed by atoms with Crippen LogP contribution in [0.4, 0.5) is 5.69 Å². The molecule has 0 radical (unpaired) electrons. The van der Waals surface area contributed by atoms with Gasteiger partial charge in [0.15, 0.2) is 0 Å². The third-order valence-electron chi connectivity index (χ3n) is 4.55. The molecule has 8 nitrogen and oxygen atoms in total. The summed E-state index contributed by atoms with van der Waals surface area (Å²) in [5, 5.41) is 0. The van der Waals surface area contributed by atoms with Gasteiger partial charge < -0.3 is 11.5 Å². The molecule has 1 aromatic rings. The number of nitrogens with two attached hydrogens (primary N) is 2. The van der Waals surface area contributed by atoms with Crippen LogP contribution in [0.2, 0.25) is 0 Å². The summed E-state index contributed by atoms with van der Waals surface area (Å²) in [5.41, 5.74) is 12.5. The first kappa shape index (κ1) is 16.7. The minimum Gasteiger partial charge on any atom is -0.369 e. The second-order valence-electron chi connectivity index (χ2n) is 6.24. The molecular weight excluding hydrogens is 330 g/mol. The van der Waals surface area contributed by atoms with E-state index in [9.17, 15) is 13.0 Å². The predicted molar refractivity (Wildman–Crippen MR) is 92.5 cm³/mol. The number of hydrogen-bond donors (Lipinski definition) is 3. The maximum atomic E-state index is 11.4. The summed E-state index contributed by atoms with van der Waals surface area (Å²) in [7, 11) is -4.26. The van der Waals surface area contributed by atoms with E-state index in [0.717, 1.165) is 32.1 Å². The zero-order valence-electron chi connectivity index (χ0n) is 13.4. The number of anilines is 1. The smallest absolute Gasteiger partial charge is 0.294 e. The van der Waals surface area contributed by atoms with Crippen molar-refractivity contribution >= 4 is 27.7 Å². The number of nitrogens with zero attached hydrogens (tertiary/aromatic N) is 3. The Hall–Kier alpha value is -2.13. The largest absolute Gasteiger partial charge is 0.369 e. The van der Waals surface area contributed by atoms with Crippen LogP contribution in [-0.4, -0.2) is 30.6 Å². The second kappa shape index (κ2) is 5.75. The van der Waals surface area contributed by atoms with Crippen molar-refractivity contribution in [1.82, 2.24) is 0 Å². The molecule has 0 atom stereocenters. The summed E-state index contributed by atoms with van der Waals surface area (Å²) in [4.78, 5) is 10.3. The van der Waals surface area contributed by atoms with Gasteiger partial charge in [-0.1, -0.05) is 6.42 Å². The van der Waals surface area contributed by atoms with Gasteiger partial charge in [-0.15, -0.1) is 0 Å². The number of rotatable bonds is 2. The first-order valence-corrected chi connectivity index (χ1v) is 9.25. The molecule has 0 amide bonds. The molecule has 5 N–H and O–H groups in total. The van der Waals surface area contributed by atoms with Gasteiger partial charge in [-0.2, -0.15) is 13.4 Å². The highest BCUT2D eigenvalue weighted by molar-refractivity contribution is 7.85. The molecule has 0 bridgehead atoms. The summed E-state index contributed by atoms with van der Waals surface area (Å²) in [6.07, 6.45) is 4.72. The Kier molecular flexibility index (Phi) is 4.00. The van der Waals surface area contributed by atoms with Crippen LogP contribution in [0.1, 0.15) is 37.7 Å². The molecule has 1 spiro atoms. The van der Waals surface area contributed by atoms with Crippen LogP contribution in [0.5, 0.6) is 0 Å². The number of guanidine groups is 2. The monoisotopic (exact) mass is 351 g/mol. The summed E-state index contributed by atoms with van der Waals surface area (Å²) >= 11 is 0. The number of benzene rings is 1. The Labute approximate surface area is 141 Å². The highest BCUT2D eigenvalue weighted by Crippen LogP contribution is 2.40. The predicted octanol–water partition coefficient (Wildman–Crippen LogP) is 1.35. The Morgan fingerprint density at radius 3 is 2.46 bits per heavy atom. The molecule has 1 aliphatic heterocycles. The summed E-state index contributed by atoms with van der Waals surface area (Å²) in [6, 6.07) is 4.64. The second-order valence-corrected chi connectivity index (χ2v) is 7.63. The maximum Gasteiger partial charge on any atom is 0.294 e. The standard InChI is InChI=1S/C15H21N5O3S/c1-10-9-11(5-6-12(10)24(21,22)23)20-14(17)18-13(16)19-15(20)7-3-2-4-8-15/h5-6,9H,2-4,7-8H2,1H3,(H,21,22,23)(H4,16,17,18,19). The zero-order chi connectivity index (χ0) is 17.5. The molecule has 0 saturated heterocycles. The molecule has 24 heavy (non-hydrogen) atoms. The van der Waals surface area contributed by atoms with Gasteiger partial charge in [0, 0.05) is 5.69 Å². The molecule has 130 valence electrons. The fourth-order valence-corrected chi connectivity index (χ4v) is 4.26. The van der Waals surface area contributed by atoms with E-state index in [4.69, 9.17) is 11.5 Å². The van der Waals surface area contributed by atoms with Gasteiger partial charge in [0.05, 0.1) is 4.90 Å². The van der Waals surface area contributed by atoms with Crippen LogP contribution >= 0.6 is 0 Å². The van der Waals surface area contributed by atoms with Crippen molar-refractivity contribution in [2.45, 2.75) is 49.6 Å². The van der Waals surface area contributed by atoms with Crippen LogP contribution < -0.4 is 16.4 Å². The highest BCUT2D eigenvalue weighted by atomic mass is 32.2. The lowest BCUT2D eigenvalue weighted by molar-refractivity contribution is 0.305. The SMILES string of the molecule is Cc1cc(N2C(N)=NC(N)=NC23CCCCC3)ccc1S(=O)(=O)O. The van der Waals surface area contributed by atoms with Crippen LogP contribution in [0, 0.1) is 6.92 Å². The Morgan fingerprint density at radius 1 is 1.21 bits per heavy atom. The Bertz CT molecular complexity index is 826. The maximum absolute atomic E-state index is 11.4. The quantitative estimate of drug-likeness (QED) is 0.688. The van der Waals surface area contributed by atoms with E-state index in [1.54, 1.807) is 19.1 Å². The lowest BCUT2D eigenvalue weighted by atomic mass is 9.87. The van der Waals surface area contributed by atoms with Crippen LogP contribution in [0.25, 0.3) is 0 Å². The van der Waals surface area contributed by atoms with Crippen molar-refractivity contribution in [2.75, 3.05) is 4.90 Å². The fraction of sp³-hybridized carbons (Fsp3) is 0.467. The van der Waals surface area contributed by atoms with Crippen LogP contribution in [-0.2, 0) is 10.1 Å². The molecule has 1 heterocycles. The number of aliphatic imine (C=N–C) groups is 2. The molecule has 3 rings (SSSR count). The van der Waals surface area contributed by atoms with E-state index in [1.807, 2.05) is 4.90 Å². The van der Waals surface area contributed by atoms with E-state index in [0.29, 0.717) is 11.3 Å². The van der Waals surface area contributed by atoms with E-state index in [2.05, 4.69) is 9.98 Å². The van der Waals surface area contributed by atoms with Gasteiger partial charge in [-0.05, 0) is 56.4 Å². The lowest BCUT2D eigenvalue weighted by Gasteiger charge is -2.45. The van der Waals surface area contributed by atoms with Gasteiger partial charge in [0.2, 0.25) is 11.9 Å². The number of hydrogen-bond acceptors (Lipinski definition) is 7. The van der Waals surface area contributed by atoms with E-state index < -0.39 is 15.8 Å². The average Bonchev–Trinajstić information content (AvgIpc) is 2.45. The average molecular weight is 351 g/mol. The van der Waals surface area contributed by atoms with Crippen LogP contribution in [0.3, 0.4) is 0 Å². The molecule has 1 saturated carbocycles.